The third-order valence-electron chi connectivity index (χ3n) is 5.69. The van der Waals surface area contributed by atoms with Crippen molar-refractivity contribution in [2.45, 2.75) is 17.8 Å². The highest BCUT2D eigenvalue weighted by atomic mass is 32.2. The van der Waals surface area contributed by atoms with E-state index in [1.807, 2.05) is 49.3 Å². The second-order valence-corrected chi connectivity index (χ2v) is 9.95. The maximum Gasteiger partial charge on any atom is 0.257 e. The maximum atomic E-state index is 12.9. The van der Waals surface area contributed by atoms with Crippen molar-refractivity contribution in [1.29, 1.82) is 0 Å². The van der Waals surface area contributed by atoms with Gasteiger partial charge in [0.15, 0.2) is 9.84 Å². The summed E-state index contributed by atoms with van der Waals surface area (Å²) in [4.78, 5) is 16.5. The molecule has 0 unspecified atom stereocenters. The van der Waals surface area contributed by atoms with E-state index in [9.17, 15) is 13.2 Å². The second kappa shape index (κ2) is 6.76. The molecular formula is C19H24N4O3S. The van der Waals surface area contributed by atoms with Crippen molar-refractivity contribution in [3.05, 3.63) is 53.9 Å². The van der Waals surface area contributed by atoms with Crippen LogP contribution in [-0.2, 0) is 16.4 Å². The number of likely N-dealkylation sites (tertiary alicyclic amines) is 1. The Balaban J connectivity index is 1.48. The van der Waals surface area contributed by atoms with E-state index in [-0.39, 0.29) is 30.2 Å². The standard InChI is InChI=1S/C19H24N4O3S/c1-21(2)17-13-27(25,26)18-12-22(11-16(17)18)19(24)15-8-20-23(10-15)9-14-6-4-3-5-7-14/h3-8,10,16-18H,9,11-13H2,1-2H3/t16-,17+,18-/m0/s1. The fourth-order valence-corrected chi connectivity index (χ4v) is 6.72. The Morgan fingerprint density at radius 3 is 2.67 bits per heavy atom. The summed E-state index contributed by atoms with van der Waals surface area (Å²) >= 11 is 0. The molecule has 2 aliphatic heterocycles. The number of hydrogen-bond donors (Lipinski definition) is 0. The normalized spacial score (nSPS) is 26.5. The predicted octanol–water partition coefficient (Wildman–Crippen LogP) is 0.731. The molecule has 3 atom stereocenters. The zero-order valence-electron chi connectivity index (χ0n) is 15.5. The topological polar surface area (TPSA) is 75.5 Å². The Kier molecular flexibility index (Phi) is 4.55. The molecule has 0 saturated carbocycles. The van der Waals surface area contributed by atoms with Crippen LogP contribution in [0.25, 0.3) is 0 Å². The fourth-order valence-electron chi connectivity index (χ4n) is 4.25. The molecule has 2 aromatic rings. The van der Waals surface area contributed by atoms with Crippen LogP contribution in [-0.4, -0.2) is 78.1 Å². The van der Waals surface area contributed by atoms with Gasteiger partial charge in [-0.25, -0.2) is 8.42 Å². The first kappa shape index (κ1) is 18.2. The lowest BCUT2D eigenvalue weighted by molar-refractivity contribution is 0.0779. The van der Waals surface area contributed by atoms with Crippen LogP contribution < -0.4 is 0 Å². The highest BCUT2D eigenvalue weighted by molar-refractivity contribution is 7.92. The molecule has 7 nitrogen and oxygen atoms in total. The Morgan fingerprint density at radius 1 is 1.22 bits per heavy atom. The molecule has 144 valence electrons. The summed E-state index contributed by atoms with van der Waals surface area (Å²) in [6.07, 6.45) is 3.30. The van der Waals surface area contributed by atoms with Crippen LogP contribution >= 0.6 is 0 Å². The summed E-state index contributed by atoms with van der Waals surface area (Å²) in [5, 5.41) is 3.84. The van der Waals surface area contributed by atoms with E-state index in [1.54, 1.807) is 22.0 Å². The van der Waals surface area contributed by atoms with Gasteiger partial charge in [-0.1, -0.05) is 30.3 Å². The second-order valence-electron chi connectivity index (χ2n) is 7.69. The molecule has 8 heteroatoms. The number of hydrogen-bond acceptors (Lipinski definition) is 5. The molecule has 2 aliphatic rings. The van der Waals surface area contributed by atoms with Crippen LogP contribution in [0.15, 0.2) is 42.7 Å². The molecular weight excluding hydrogens is 364 g/mol. The molecule has 0 bridgehead atoms. The van der Waals surface area contributed by atoms with Crippen molar-refractivity contribution in [2.24, 2.45) is 5.92 Å². The minimum absolute atomic E-state index is 0.0201. The Bertz CT molecular complexity index is 939. The van der Waals surface area contributed by atoms with Gasteiger partial charge >= 0.3 is 0 Å². The average molecular weight is 388 g/mol. The van der Waals surface area contributed by atoms with Crippen LogP contribution in [0.4, 0.5) is 0 Å². The van der Waals surface area contributed by atoms with Gasteiger partial charge in [0, 0.05) is 31.2 Å². The molecule has 1 aromatic heterocycles. The first-order valence-corrected chi connectivity index (χ1v) is 10.8. The minimum atomic E-state index is -3.16. The summed E-state index contributed by atoms with van der Waals surface area (Å²) in [5.74, 6) is 0.0246. The summed E-state index contributed by atoms with van der Waals surface area (Å²) < 4.78 is 26.7. The Labute approximate surface area is 159 Å². The van der Waals surface area contributed by atoms with Gasteiger partial charge in [0.05, 0.1) is 29.3 Å². The monoisotopic (exact) mass is 388 g/mol. The van der Waals surface area contributed by atoms with Crippen molar-refractivity contribution >= 4 is 15.7 Å². The van der Waals surface area contributed by atoms with Gasteiger partial charge in [0.2, 0.25) is 0 Å². The van der Waals surface area contributed by atoms with Crippen molar-refractivity contribution in [3.8, 4) is 0 Å². The largest absolute Gasteiger partial charge is 0.337 e. The number of aromatic nitrogens is 2. The zero-order chi connectivity index (χ0) is 19.2. The molecule has 0 N–H and O–H groups in total. The van der Waals surface area contributed by atoms with Gasteiger partial charge in [0.25, 0.3) is 5.91 Å². The minimum Gasteiger partial charge on any atom is -0.337 e. The summed E-state index contributed by atoms with van der Waals surface area (Å²) in [6.45, 7) is 1.35. The lowest BCUT2D eigenvalue weighted by Crippen LogP contribution is -2.38. The van der Waals surface area contributed by atoms with Gasteiger partial charge in [-0.15, -0.1) is 0 Å². The number of fused-ring (bicyclic) bond motifs is 1. The molecule has 0 aliphatic carbocycles. The Hall–Kier alpha value is -2.19. The number of benzene rings is 1. The molecule has 1 amide bonds. The molecule has 1 aromatic carbocycles. The number of carbonyl (C=O) groups excluding carboxylic acids is 1. The molecule has 2 fully saturated rings. The molecule has 27 heavy (non-hydrogen) atoms. The van der Waals surface area contributed by atoms with E-state index in [2.05, 4.69) is 5.10 Å². The lowest BCUT2D eigenvalue weighted by atomic mass is 10.00. The van der Waals surface area contributed by atoms with Crippen molar-refractivity contribution in [3.63, 3.8) is 0 Å². The third-order valence-corrected chi connectivity index (χ3v) is 7.91. The highest BCUT2D eigenvalue weighted by Crippen LogP contribution is 2.36. The number of carbonyl (C=O) groups is 1. The van der Waals surface area contributed by atoms with Gasteiger partial charge < -0.3 is 9.80 Å². The smallest absolute Gasteiger partial charge is 0.257 e. The van der Waals surface area contributed by atoms with Crippen LogP contribution in [0.2, 0.25) is 0 Å². The van der Waals surface area contributed by atoms with Crippen LogP contribution in [0.3, 0.4) is 0 Å². The van der Waals surface area contributed by atoms with E-state index in [1.165, 1.54) is 0 Å². The van der Waals surface area contributed by atoms with E-state index in [4.69, 9.17) is 0 Å². The number of amides is 1. The predicted molar refractivity (Wildman–Crippen MR) is 102 cm³/mol. The summed E-state index contributed by atoms with van der Waals surface area (Å²) in [6, 6.07) is 9.89. The van der Waals surface area contributed by atoms with E-state index in [0.717, 1.165) is 5.56 Å². The average Bonchev–Trinajstić information content (AvgIpc) is 3.32. The van der Waals surface area contributed by atoms with Crippen molar-refractivity contribution < 1.29 is 13.2 Å². The number of rotatable bonds is 4. The van der Waals surface area contributed by atoms with Crippen molar-refractivity contribution in [1.82, 2.24) is 19.6 Å². The van der Waals surface area contributed by atoms with Gasteiger partial charge in [0.1, 0.15) is 0 Å². The van der Waals surface area contributed by atoms with E-state index >= 15 is 0 Å². The number of sulfone groups is 1. The van der Waals surface area contributed by atoms with Crippen LogP contribution in [0.5, 0.6) is 0 Å². The van der Waals surface area contributed by atoms with E-state index in [0.29, 0.717) is 18.7 Å². The molecule has 0 radical (unpaired) electrons. The van der Waals surface area contributed by atoms with Crippen LogP contribution in [0.1, 0.15) is 15.9 Å². The van der Waals surface area contributed by atoms with Gasteiger partial charge in [-0.05, 0) is 19.7 Å². The number of nitrogens with zero attached hydrogens (tertiary/aromatic N) is 4. The van der Waals surface area contributed by atoms with Gasteiger partial charge in [-0.2, -0.15) is 5.10 Å². The summed E-state index contributed by atoms with van der Waals surface area (Å²) in [7, 11) is 0.648. The van der Waals surface area contributed by atoms with E-state index < -0.39 is 15.1 Å². The van der Waals surface area contributed by atoms with Crippen LogP contribution in [0, 0.1) is 5.92 Å². The molecule has 2 saturated heterocycles. The SMILES string of the molecule is CN(C)[C@@H]1CS(=O)(=O)[C@H]2CN(C(=O)c3cnn(Cc4ccccc4)c3)C[C@@H]12. The molecule has 3 heterocycles. The fraction of sp³-hybridized carbons (Fsp3) is 0.474. The zero-order valence-corrected chi connectivity index (χ0v) is 16.3. The first-order valence-electron chi connectivity index (χ1n) is 9.09. The first-order chi connectivity index (χ1) is 12.8. The third kappa shape index (κ3) is 3.39. The summed E-state index contributed by atoms with van der Waals surface area (Å²) in [5.41, 5.74) is 1.61. The highest BCUT2D eigenvalue weighted by Gasteiger charge is 2.53. The molecule has 0 spiro atoms. The van der Waals surface area contributed by atoms with Crippen molar-refractivity contribution in [2.75, 3.05) is 32.9 Å². The lowest BCUT2D eigenvalue weighted by Gasteiger charge is -2.24. The molecule has 4 rings (SSSR count). The van der Waals surface area contributed by atoms with Gasteiger partial charge in [-0.3, -0.25) is 9.48 Å². The Morgan fingerprint density at radius 2 is 1.96 bits per heavy atom. The maximum absolute atomic E-state index is 12.9. The quantitative estimate of drug-likeness (QED) is 0.772.